The number of aliphatic hydroxyl groups is 1. The summed E-state index contributed by atoms with van der Waals surface area (Å²) < 4.78 is 68.5. The molecule has 17 nitrogen and oxygen atoms in total. The zero-order valence-corrected chi connectivity index (χ0v) is 63.6. The number of ether oxygens (including phenoxy) is 4. The molecule has 0 aliphatic rings. The van der Waals surface area contributed by atoms with E-state index in [4.69, 9.17) is 37.0 Å². The second-order valence-electron chi connectivity index (χ2n) is 27.6. The third-order valence-electron chi connectivity index (χ3n) is 18.1. The van der Waals surface area contributed by atoms with Gasteiger partial charge in [0.1, 0.15) is 19.3 Å². The molecule has 6 atom stereocenters. The average Bonchev–Trinajstić information content (AvgIpc) is 2.51. The van der Waals surface area contributed by atoms with Crippen LogP contribution in [0.25, 0.3) is 0 Å². The van der Waals surface area contributed by atoms with Gasteiger partial charge in [-0.3, -0.25) is 37.3 Å². The Kier molecular flexibility index (Phi) is 67.7. The molecule has 0 bridgehead atoms. The van der Waals surface area contributed by atoms with E-state index in [0.717, 1.165) is 95.8 Å². The van der Waals surface area contributed by atoms with Gasteiger partial charge in [0.25, 0.3) is 0 Å². The molecule has 564 valence electrons. The van der Waals surface area contributed by atoms with Gasteiger partial charge in [-0.2, -0.15) is 0 Å². The Morgan fingerprint density at radius 3 is 0.747 bits per heavy atom. The van der Waals surface area contributed by atoms with Crippen molar-refractivity contribution < 1.29 is 80.2 Å². The number of unbranched alkanes of at least 4 members (excludes halogenated alkanes) is 47. The third kappa shape index (κ3) is 69.0. The first-order chi connectivity index (χ1) is 46.1. The van der Waals surface area contributed by atoms with E-state index in [-0.39, 0.29) is 25.7 Å². The van der Waals surface area contributed by atoms with Crippen molar-refractivity contribution in [2.24, 2.45) is 5.92 Å². The summed E-state index contributed by atoms with van der Waals surface area (Å²) in [5, 5.41) is 10.6. The summed E-state index contributed by atoms with van der Waals surface area (Å²) in [6.45, 7) is 7.29. The molecule has 95 heavy (non-hydrogen) atoms. The fraction of sp³-hybridized carbons (Fsp3) is 0.947. The molecule has 19 heteroatoms. The van der Waals surface area contributed by atoms with Gasteiger partial charge in [0, 0.05) is 25.7 Å². The first kappa shape index (κ1) is 93.1. The predicted molar refractivity (Wildman–Crippen MR) is 386 cm³/mol. The number of aliphatic hydroxyl groups excluding tert-OH is 1. The van der Waals surface area contributed by atoms with Gasteiger partial charge >= 0.3 is 39.5 Å². The quantitative estimate of drug-likeness (QED) is 0.0222. The average molecular weight is 1400 g/mol. The SMILES string of the molecule is CCCCCCCCCCCCCCCCCCCC(=O)O[C@H](COC(=O)CCCCCCCCCCCCCCCCCC)COP(=O)(O)OC[C@@H](O)COP(=O)(O)OC[C@@H](COC(=O)CCCCCCCCCCCC)OC(=O)CCCCCCCCCCC(C)CC. The fourth-order valence-corrected chi connectivity index (χ4v) is 13.3. The van der Waals surface area contributed by atoms with Gasteiger partial charge in [-0.15, -0.1) is 0 Å². The van der Waals surface area contributed by atoms with Crippen molar-refractivity contribution in [3.05, 3.63) is 0 Å². The predicted octanol–water partition coefficient (Wildman–Crippen LogP) is 22.5. The van der Waals surface area contributed by atoms with Gasteiger partial charge in [0.2, 0.25) is 0 Å². The first-order valence-corrected chi connectivity index (χ1v) is 42.7. The largest absolute Gasteiger partial charge is 0.472 e. The Balaban J connectivity index is 5.24. The number of phosphoric acid groups is 2. The highest BCUT2D eigenvalue weighted by atomic mass is 31.2. The molecule has 0 aromatic heterocycles. The number of carbonyl (C=O) groups excluding carboxylic acids is 4. The molecule has 0 aliphatic heterocycles. The van der Waals surface area contributed by atoms with Gasteiger partial charge in [-0.05, 0) is 31.6 Å². The lowest BCUT2D eigenvalue weighted by Gasteiger charge is -2.21. The Hall–Kier alpha value is -1.94. The highest BCUT2D eigenvalue weighted by Crippen LogP contribution is 2.45. The van der Waals surface area contributed by atoms with Crippen LogP contribution < -0.4 is 0 Å². The van der Waals surface area contributed by atoms with Crippen LogP contribution in [-0.4, -0.2) is 96.7 Å². The van der Waals surface area contributed by atoms with Gasteiger partial charge in [0.05, 0.1) is 26.4 Å². The minimum atomic E-state index is -4.96. The number of hydrogen-bond donors (Lipinski definition) is 3. The van der Waals surface area contributed by atoms with Crippen LogP contribution in [0.1, 0.15) is 401 Å². The van der Waals surface area contributed by atoms with E-state index in [1.165, 1.54) is 225 Å². The highest BCUT2D eigenvalue weighted by Gasteiger charge is 2.30. The molecule has 0 aromatic rings. The van der Waals surface area contributed by atoms with Crippen LogP contribution in [0.2, 0.25) is 0 Å². The summed E-state index contributed by atoms with van der Waals surface area (Å²) in [4.78, 5) is 72.8. The van der Waals surface area contributed by atoms with Crippen LogP contribution >= 0.6 is 15.6 Å². The summed E-state index contributed by atoms with van der Waals surface area (Å²) in [7, 11) is -9.91. The lowest BCUT2D eigenvalue weighted by molar-refractivity contribution is -0.161. The molecule has 0 radical (unpaired) electrons. The molecule has 0 saturated heterocycles. The van der Waals surface area contributed by atoms with E-state index >= 15 is 0 Å². The second kappa shape index (κ2) is 69.2. The van der Waals surface area contributed by atoms with Crippen LogP contribution in [0, 0.1) is 5.92 Å². The summed E-state index contributed by atoms with van der Waals surface area (Å²) in [6.07, 6.45) is 58.1. The first-order valence-electron chi connectivity index (χ1n) is 39.7. The number of phosphoric ester groups is 2. The zero-order chi connectivity index (χ0) is 69.8. The highest BCUT2D eigenvalue weighted by molar-refractivity contribution is 7.47. The summed E-state index contributed by atoms with van der Waals surface area (Å²) in [5.41, 5.74) is 0. The van der Waals surface area contributed by atoms with Crippen molar-refractivity contribution in [1.29, 1.82) is 0 Å². The molecule has 0 heterocycles. The van der Waals surface area contributed by atoms with E-state index < -0.39 is 97.5 Å². The molecular formula is C76H148O17P2. The molecule has 3 N–H and O–H groups in total. The maximum Gasteiger partial charge on any atom is 0.472 e. The van der Waals surface area contributed by atoms with Gasteiger partial charge < -0.3 is 33.8 Å². The summed E-state index contributed by atoms with van der Waals surface area (Å²) in [5.74, 6) is -1.34. The molecule has 0 aromatic carbocycles. The Bertz CT molecular complexity index is 1820. The standard InChI is InChI=1S/C76H148O17P2/c1-6-10-13-16-19-22-25-27-29-31-33-35-37-40-46-51-56-61-75(80)92-71(65-87-74(79)60-55-50-45-39-36-34-32-30-28-26-23-20-17-14-11-7-2)67-90-94(82,83)88-63-70(77)64-89-95(84,85)91-68-72(66-86-73(78)59-54-49-44-38-24-21-18-15-12-8-3)93-76(81)62-57-52-47-42-41-43-48-53-58-69(5)9-4/h69-72,77H,6-68H2,1-5H3,(H,82,83)(H,84,85)/t69?,70-,71-,72-/m1/s1. The van der Waals surface area contributed by atoms with Gasteiger partial charge in [-0.25, -0.2) is 9.13 Å². The molecule has 3 unspecified atom stereocenters. The van der Waals surface area contributed by atoms with Crippen molar-refractivity contribution in [2.45, 2.75) is 419 Å². The maximum atomic E-state index is 13.1. The monoisotopic (exact) mass is 1400 g/mol. The van der Waals surface area contributed by atoms with Crippen LogP contribution in [-0.2, 0) is 65.4 Å². The minimum Gasteiger partial charge on any atom is -0.462 e. The van der Waals surface area contributed by atoms with Crippen molar-refractivity contribution >= 4 is 39.5 Å². The maximum absolute atomic E-state index is 13.1. The number of hydrogen-bond acceptors (Lipinski definition) is 15. The Labute approximate surface area is 581 Å². The van der Waals surface area contributed by atoms with E-state index in [1.807, 2.05) is 0 Å². The zero-order valence-electron chi connectivity index (χ0n) is 61.8. The smallest absolute Gasteiger partial charge is 0.462 e. The molecule has 0 rings (SSSR count). The van der Waals surface area contributed by atoms with Crippen LogP contribution in [0.3, 0.4) is 0 Å². The Morgan fingerprint density at radius 2 is 0.505 bits per heavy atom. The normalized spacial score (nSPS) is 14.2. The lowest BCUT2D eigenvalue weighted by Crippen LogP contribution is -2.30. The molecule has 0 saturated carbocycles. The van der Waals surface area contributed by atoms with Gasteiger partial charge in [0.15, 0.2) is 12.2 Å². The summed E-state index contributed by atoms with van der Waals surface area (Å²) in [6, 6.07) is 0. The Morgan fingerprint density at radius 1 is 0.295 bits per heavy atom. The minimum absolute atomic E-state index is 0.106. The van der Waals surface area contributed by atoms with Crippen molar-refractivity contribution in [2.75, 3.05) is 39.6 Å². The fourth-order valence-electron chi connectivity index (χ4n) is 11.7. The van der Waals surface area contributed by atoms with E-state index in [0.29, 0.717) is 25.7 Å². The molecule has 0 amide bonds. The molecule has 0 spiro atoms. The van der Waals surface area contributed by atoms with E-state index in [9.17, 15) is 43.2 Å². The van der Waals surface area contributed by atoms with Crippen molar-refractivity contribution in [3.63, 3.8) is 0 Å². The van der Waals surface area contributed by atoms with Crippen LogP contribution in [0.4, 0.5) is 0 Å². The summed E-state index contributed by atoms with van der Waals surface area (Å²) >= 11 is 0. The lowest BCUT2D eigenvalue weighted by atomic mass is 9.99. The van der Waals surface area contributed by atoms with E-state index in [2.05, 4.69) is 34.6 Å². The molecule has 0 fully saturated rings. The number of esters is 4. The van der Waals surface area contributed by atoms with Crippen LogP contribution in [0.5, 0.6) is 0 Å². The van der Waals surface area contributed by atoms with Crippen molar-refractivity contribution in [3.8, 4) is 0 Å². The van der Waals surface area contributed by atoms with Gasteiger partial charge in [-0.1, -0.05) is 349 Å². The number of carbonyl (C=O) groups is 4. The molecule has 0 aliphatic carbocycles. The van der Waals surface area contributed by atoms with E-state index in [1.54, 1.807) is 0 Å². The van der Waals surface area contributed by atoms with Crippen LogP contribution in [0.15, 0.2) is 0 Å². The molecular weight excluding hydrogens is 1250 g/mol. The second-order valence-corrected chi connectivity index (χ2v) is 30.5. The topological polar surface area (TPSA) is 237 Å². The number of rotatable bonds is 76. The third-order valence-corrected chi connectivity index (χ3v) is 20.0. The van der Waals surface area contributed by atoms with Crippen molar-refractivity contribution in [1.82, 2.24) is 0 Å².